The Morgan fingerprint density at radius 3 is 1.06 bits per heavy atom. The number of aliphatic carboxylic acids is 2. The highest BCUT2D eigenvalue weighted by Gasteiger charge is 2.47. The first-order valence-electron chi connectivity index (χ1n) is 18.2. The molecule has 0 radical (unpaired) electrons. The molecule has 0 spiro atoms. The molecule has 4 rings (SSSR count). The molecule has 0 aromatic heterocycles. The average molecular weight is 695 g/mol. The third-order valence-electron chi connectivity index (χ3n) is 11.0. The Hall–Kier alpha value is -2.67. The van der Waals surface area contributed by atoms with E-state index >= 15 is 0 Å². The summed E-state index contributed by atoms with van der Waals surface area (Å²) in [6, 6.07) is 8.03. The summed E-state index contributed by atoms with van der Waals surface area (Å²) in [5, 5.41) is 44.0. The highest BCUT2D eigenvalue weighted by atomic mass is 32.2. The molecule has 2 aromatic rings. The summed E-state index contributed by atoms with van der Waals surface area (Å²) in [5.74, 6) is -2.09. The molecule has 6 atom stereocenters. The summed E-state index contributed by atoms with van der Waals surface area (Å²) in [6.45, 7) is 24.9. The van der Waals surface area contributed by atoms with Crippen molar-refractivity contribution < 1.29 is 30.0 Å². The van der Waals surface area contributed by atoms with Gasteiger partial charge in [-0.1, -0.05) is 107 Å². The standard InChI is InChI=1S/C42H62O6S/c1-39(2,3)29-19-23(20-30(35(29)43)40(4,5)6)17-27(37(45)46)25-13-15-34-26(14-16-33(25)49-34)28(38(47)48)18-24-21-31(41(7,8)9)36(44)32(22-24)42(10,11)12/h19-22,25-28,33-34,43-44H,13-18H2,1-12H3,(H,45,46)(H,47,48). The molecule has 6 unspecified atom stereocenters. The van der Waals surface area contributed by atoms with Gasteiger partial charge in [0.05, 0.1) is 11.8 Å². The fourth-order valence-corrected chi connectivity index (χ4v) is 10.3. The quantitative estimate of drug-likeness (QED) is 0.218. The molecule has 2 aliphatic heterocycles. The van der Waals surface area contributed by atoms with Crippen molar-refractivity contribution >= 4 is 23.7 Å². The first-order valence-corrected chi connectivity index (χ1v) is 19.1. The minimum absolute atomic E-state index is 0.00580. The summed E-state index contributed by atoms with van der Waals surface area (Å²) in [6.07, 6.45) is 3.94. The zero-order valence-corrected chi connectivity index (χ0v) is 32.8. The second-order valence-corrected chi connectivity index (χ2v) is 20.6. The molecule has 0 aliphatic carbocycles. The summed E-state index contributed by atoms with van der Waals surface area (Å²) in [4.78, 5) is 25.9. The van der Waals surface area contributed by atoms with Crippen LogP contribution in [0.2, 0.25) is 0 Å². The van der Waals surface area contributed by atoms with E-state index in [0.29, 0.717) is 24.3 Å². The molecule has 2 aliphatic rings. The van der Waals surface area contributed by atoms with Gasteiger partial charge in [0, 0.05) is 10.5 Å². The van der Waals surface area contributed by atoms with E-state index in [2.05, 4.69) is 83.1 Å². The van der Waals surface area contributed by atoms with Gasteiger partial charge in [-0.2, -0.15) is 11.8 Å². The summed E-state index contributed by atoms with van der Waals surface area (Å²) in [7, 11) is 0. The van der Waals surface area contributed by atoms with Crippen molar-refractivity contribution in [2.45, 2.75) is 154 Å². The van der Waals surface area contributed by atoms with Crippen LogP contribution < -0.4 is 0 Å². The van der Waals surface area contributed by atoms with Crippen LogP contribution in [0.15, 0.2) is 24.3 Å². The van der Waals surface area contributed by atoms with E-state index in [1.807, 2.05) is 36.0 Å². The number of fused-ring (bicyclic) bond motifs is 2. The van der Waals surface area contributed by atoms with E-state index in [0.717, 1.165) is 59.1 Å². The maximum Gasteiger partial charge on any atom is 0.307 e. The van der Waals surface area contributed by atoms with Gasteiger partial charge in [0.25, 0.3) is 0 Å². The SMILES string of the molecule is CC(C)(C)c1cc(CC(C(=O)O)C2CCC3SC2CCC3C(Cc2cc(C(C)(C)C)c(O)c(C(C)(C)C)c2)C(=O)O)cc(C(C)(C)C)c1O. The molecule has 0 amide bonds. The molecule has 2 heterocycles. The van der Waals surface area contributed by atoms with Crippen molar-refractivity contribution in [3.63, 3.8) is 0 Å². The molecule has 4 N–H and O–H groups in total. The van der Waals surface area contributed by atoms with Gasteiger partial charge in [0.2, 0.25) is 0 Å². The number of hydrogen-bond donors (Lipinski definition) is 4. The summed E-state index contributed by atoms with van der Waals surface area (Å²) < 4.78 is 0. The van der Waals surface area contributed by atoms with E-state index in [-0.39, 0.29) is 44.0 Å². The maximum atomic E-state index is 12.9. The third-order valence-corrected chi connectivity index (χ3v) is 12.9. The lowest BCUT2D eigenvalue weighted by atomic mass is 9.71. The van der Waals surface area contributed by atoms with Crippen molar-refractivity contribution in [2.24, 2.45) is 23.7 Å². The minimum Gasteiger partial charge on any atom is -0.507 e. The van der Waals surface area contributed by atoms with Gasteiger partial charge >= 0.3 is 11.9 Å². The van der Waals surface area contributed by atoms with Crippen LogP contribution >= 0.6 is 11.8 Å². The first-order chi connectivity index (χ1) is 22.3. The third kappa shape index (κ3) is 8.63. The Balaban J connectivity index is 1.59. The zero-order chi connectivity index (χ0) is 37.0. The number of rotatable bonds is 8. The number of phenolic OH excluding ortho intramolecular Hbond substituents is 2. The van der Waals surface area contributed by atoms with Crippen LogP contribution in [0.5, 0.6) is 11.5 Å². The lowest BCUT2D eigenvalue weighted by molar-refractivity contribution is -0.144. The van der Waals surface area contributed by atoms with Gasteiger partial charge in [0.15, 0.2) is 0 Å². The van der Waals surface area contributed by atoms with Crippen molar-refractivity contribution in [3.8, 4) is 11.5 Å². The van der Waals surface area contributed by atoms with E-state index in [1.165, 1.54) is 0 Å². The molecule has 49 heavy (non-hydrogen) atoms. The lowest BCUT2D eigenvalue weighted by Gasteiger charge is -2.47. The van der Waals surface area contributed by atoms with Gasteiger partial charge in [-0.25, -0.2) is 0 Å². The van der Waals surface area contributed by atoms with E-state index < -0.39 is 23.8 Å². The van der Waals surface area contributed by atoms with Gasteiger partial charge in [-0.05, 0) is 105 Å². The predicted octanol–water partition coefficient (Wildman–Crippen LogP) is 9.77. The smallest absolute Gasteiger partial charge is 0.307 e. The van der Waals surface area contributed by atoms with Crippen LogP contribution in [0.4, 0.5) is 0 Å². The Morgan fingerprint density at radius 1 is 0.571 bits per heavy atom. The van der Waals surface area contributed by atoms with Crippen molar-refractivity contribution in [2.75, 3.05) is 0 Å². The monoisotopic (exact) mass is 694 g/mol. The van der Waals surface area contributed by atoms with Gasteiger partial charge in [-0.3, -0.25) is 9.59 Å². The molecule has 0 saturated carbocycles. The molecule has 2 aromatic carbocycles. The second-order valence-electron chi connectivity index (χ2n) is 19.1. The number of thioether (sulfide) groups is 1. The Labute approximate surface area is 299 Å². The number of phenols is 2. The fourth-order valence-electron chi connectivity index (χ4n) is 8.26. The van der Waals surface area contributed by atoms with Crippen LogP contribution in [-0.2, 0) is 44.1 Å². The normalized spacial score (nSPS) is 23.2. The molecule has 7 heteroatoms. The van der Waals surface area contributed by atoms with Crippen LogP contribution in [0.1, 0.15) is 142 Å². The Morgan fingerprint density at radius 2 is 0.837 bits per heavy atom. The van der Waals surface area contributed by atoms with E-state index in [1.54, 1.807) is 0 Å². The minimum atomic E-state index is -0.783. The molecule has 2 saturated heterocycles. The van der Waals surface area contributed by atoms with Crippen molar-refractivity contribution in [1.82, 2.24) is 0 Å². The van der Waals surface area contributed by atoms with E-state index in [9.17, 15) is 30.0 Å². The number of carboxylic acid groups (broad SMARTS) is 2. The Kier molecular flexibility index (Phi) is 11.0. The summed E-state index contributed by atoms with van der Waals surface area (Å²) >= 11 is 1.83. The summed E-state index contributed by atoms with van der Waals surface area (Å²) in [5.41, 5.74) is 4.08. The number of carbonyl (C=O) groups is 2. The molecular weight excluding hydrogens is 633 g/mol. The predicted molar refractivity (Wildman–Crippen MR) is 201 cm³/mol. The van der Waals surface area contributed by atoms with Gasteiger partial charge in [-0.15, -0.1) is 0 Å². The van der Waals surface area contributed by atoms with Crippen molar-refractivity contribution in [1.29, 1.82) is 0 Å². The van der Waals surface area contributed by atoms with E-state index in [4.69, 9.17) is 0 Å². The van der Waals surface area contributed by atoms with Crippen LogP contribution in [0.25, 0.3) is 0 Å². The largest absolute Gasteiger partial charge is 0.507 e. The van der Waals surface area contributed by atoms with Gasteiger partial charge in [0.1, 0.15) is 11.5 Å². The first kappa shape index (κ1) is 39.1. The zero-order valence-electron chi connectivity index (χ0n) is 32.0. The number of benzene rings is 2. The Bertz CT molecular complexity index is 1360. The highest BCUT2D eigenvalue weighted by Crippen LogP contribution is 2.52. The topological polar surface area (TPSA) is 115 Å². The average Bonchev–Trinajstić information content (AvgIpc) is 2.94. The maximum absolute atomic E-state index is 12.9. The van der Waals surface area contributed by atoms with Crippen LogP contribution in [-0.4, -0.2) is 42.9 Å². The number of hydrogen-bond acceptors (Lipinski definition) is 5. The lowest BCUT2D eigenvalue weighted by Crippen LogP contribution is -2.45. The van der Waals surface area contributed by atoms with Crippen LogP contribution in [0, 0.1) is 23.7 Å². The second kappa shape index (κ2) is 13.8. The number of aromatic hydroxyl groups is 2. The van der Waals surface area contributed by atoms with Gasteiger partial charge < -0.3 is 20.4 Å². The molecular formula is C42H62O6S. The fraction of sp³-hybridized carbons (Fsp3) is 0.667. The molecule has 2 bridgehead atoms. The number of carboxylic acids is 2. The molecule has 2 fully saturated rings. The van der Waals surface area contributed by atoms with Crippen LogP contribution in [0.3, 0.4) is 0 Å². The van der Waals surface area contributed by atoms with Crippen molar-refractivity contribution in [3.05, 3.63) is 57.6 Å². The highest BCUT2D eigenvalue weighted by molar-refractivity contribution is 8.00. The molecule has 272 valence electrons. The molecule has 6 nitrogen and oxygen atoms in total.